The van der Waals surface area contributed by atoms with Gasteiger partial charge in [-0.3, -0.25) is 0 Å². The zero-order valence-electron chi connectivity index (χ0n) is 16.8. The van der Waals surface area contributed by atoms with Crippen LogP contribution in [0.2, 0.25) is 0 Å². The van der Waals surface area contributed by atoms with E-state index in [-0.39, 0.29) is 6.10 Å². The van der Waals surface area contributed by atoms with Gasteiger partial charge in [-0.2, -0.15) is 5.10 Å². The Balaban J connectivity index is 1.74. The Labute approximate surface area is 164 Å². The highest BCUT2D eigenvalue weighted by Gasteiger charge is 2.21. The summed E-state index contributed by atoms with van der Waals surface area (Å²) in [5, 5.41) is 9.00. The van der Waals surface area contributed by atoms with Gasteiger partial charge in [-0.15, -0.1) is 0 Å². The fraction of sp³-hybridized carbons (Fsp3) is 0.476. The van der Waals surface area contributed by atoms with E-state index in [1.54, 1.807) is 7.11 Å². The summed E-state index contributed by atoms with van der Waals surface area (Å²) in [5.41, 5.74) is 2.82. The van der Waals surface area contributed by atoms with Crippen LogP contribution in [0.4, 0.5) is 0 Å². The van der Waals surface area contributed by atoms with Gasteiger partial charge in [0.25, 0.3) is 0 Å². The van der Waals surface area contributed by atoms with Crippen molar-refractivity contribution < 1.29 is 14.0 Å². The molecule has 0 bridgehead atoms. The number of rotatable bonds is 7. The maximum Gasteiger partial charge on any atom is 0.185 e. The number of benzene rings is 1. The van der Waals surface area contributed by atoms with Crippen LogP contribution in [0.15, 0.2) is 28.8 Å². The van der Waals surface area contributed by atoms with Crippen molar-refractivity contribution in [3.63, 3.8) is 0 Å². The number of hydrogen-bond acceptors (Lipinski definition) is 6. The predicted molar refractivity (Wildman–Crippen MR) is 105 cm³/mol. The second-order valence-corrected chi connectivity index (χ2v) is 7.68. The lowest BCUT2D eigenvalue weighted by Gasteiger charge is -2.06. The standard InChI is InChI=1S/C21H26N4O3/c1-13(2)9-17-12-18(24-28-17)21-22-20(10-14(3)26-4)23-25(21)16-5-6-19-15(11-16)7-8-27-19/h5-6,11-14H,7-10H2,1-4H3. The molecule has 28 heavy (non-hydrogen) atoms. The van der Waals surface area contributed by atoms with E-state index in [9.17, 15) is 0 Å². The Bertz CT molecular complexity index is 960. The van der Waals surface area contributed by atoms with Crippen molar-refractivity contribution in [2.45, 2.75) is 46.1 Å². The van der Waals surface area contributed by atoms with Gasteiger partial charge in [-0.05, 0) is 36.6 Å². The number of aromatic nitrogens is 4. The topological polar surface area (TPSA) is 75.2 Å². The molecule has 1 atom stereocenters. The first kappa shape index (κ1) is 18.7. The molecule has 1 unspecified atom stereocenters. The second-order valence-electron chi connectivity index (χ2n) is 7.68. The Morgan fingerprint density at radius 1 is 1.18 bits per heavy atom. The van der Waals surface area contributed by atoms with E-state index in [0.29, 0.717) is 23.9 Å². The summed E-state index contributed by atoms with van der Waals surface area (Å²) in [5.74, 6) is 3.69. The molecule has 0 spiro atoms. The minimum absolute atomic E-state index is 0.0333. The third-order valence-corrected chi connectivity index (χ3v) is 4.84. The fourth-order valence-corrected chi connectivity index (χ4v) is 3.35. The number of hydrogen-bond donors (Lipinski definition) is 0. The second kappa shape index (κ2) is 7.75. The third-order valence-electron chi connectivity index (χ3n) is 4.84. The molecule has 1 aliphatic heterocycles. The molecule has 0 fully saturated rings. The first-order valence-electron chi connectivity index (χ1n) is 9.74. The Hall–Kier alpha value is -2.67. The van der Waals surface area contributed by atoms with Crippen molar-refractivity contribution in [1.29, 1.82) is 0 Å². The molecular formula is C21H26N4O3. The van der Waals surface area contributed by atoms with Crippen molar-refractivity contribution in [2.24, 2.45) is 5.92 Å². The summed E-state index contributed by atoms with van der Waals surface area (Å²) in [6.07, 6.45) is 2.40. The summed E-state index contributed by atoms with van der Waals surface area (Å²) < 4.78 is 18.4. The van der Waals surface area contributed by atoms with Gasteiger partial charge >= 0.3 is 0 Å². The molecule has 0 saturated heterocycles. The van der Waals surface area contributed by atoms with Crippen molar-refractivity contribution in [3.8, 4) is 23.0 Å². The van der Waals surface area contributed by atoms with E-state index in [4.69, 9.17) is 24.1 Å². The summed E-state index contributed by atoms with van der Waals surface area (Å²) >= 11 is 0. The summed E-state index contributed by atoms with van der Waals surface area (Å²) in [6.45, 7) is 7.04. The molecule has 2 aromatic heterocycles. The van der Waals surface area contributed by atoms with Crippen molar-refractivity contribution >= 4 is 0 Å². The normalized spacial score (nSPS) is 14.3. The van der Waals surface area contributed by atoms with Gasteiger partial charge in [-0.25, -0.2) is 9.67 Å². The minimum Gasteiger partial charge on any atom is -0.493 e. The van der Waals surface area contributed by atoms with Crippen LogP contribution in [0, 0.1) is 5.92 Å². The molecule has 3 aromatic rings. The van der Waals surface area contributed by atoms with Crippen molar-refractivity contribution in [1.82, 2.24) is 19.9 Å². The largest absolute Gasteiger partial charge is 0.493 e. The third kappa shape index (κ3) is 3.80. The van der Waals surface area contributed by atoms with Crippen LogP contribution in [0.25, 0.3) is 17.2 Å². The monoisotopic (exact) mass is 382 g/mol. The van der Waals surface area contributed by atoms with E-state index in [0.717, 1.165) is 42.5 Å². The van der Waals surface area contributed by atoms with Gasteiger partial charge in [-0.1, -0.05) is 19.0 Å². The average molecular weight is 382 g/mol. The Morgan fingerprint density at radius 2 is 2.04 bits per heavy atom. The molecule has 148 valence electrons. The van der Waals surface area contributed by atoms with Crippen LogP contribution in [0.3, 0.4) is 0 Å². The molecule has 1 aliphatic rings. The van der Waals surface area contributed by atoms with Crippen LogP contribution in [0.5, 0.6) is 5.75 Å². The van der Waals surface area contributed by atoms with Gasteiger partial charge < -0.3 is 14.0 Å². The molecule has 7 nitrogen and oxygen atoms in total. The van der Waals surface area contributed by atoms with E-state index >= 15 is 0 Å². The van der Waals surface area contributed by atoms with Crippen molar-refractivity contribution in [3.05, 3.63) is 41.4 Å². The molecule has 0 aliphatic carbocycles. The van der Waals surface area contributed by atoms with Crippen LogP contribution >= 0.6 is 0 Å². The molecule has 1 aromatic carbocycles. The van der Waals surface area contributed by atoms with Crippen LogP contribution in [0.1, 0.15) is 37.9 Å². The predicted octanol–water partition coefficient (Wildman–Crippen LogP) is 3.63. The van der Waals surface area contributed by atoms with E-state index < -0.39 is 0 Å². The molecule has 3 heterocycles. The van der Waals surface area contributed by atoms with Gasteiger partial charge in [0.1, 0.15) is 11.5 Å². The van der Waals surface area contributed by atoms with Crippen LogP contribution < -0.4 is 4.74 Å². The molecule has 0 N–H and O–H groups in total. The minimum atomic E-state index is 0.0333. The zero-order valence-corrected chi connectivity index (χ0v) is 16.8. The lowest BCUT2D eigenvalue weighted by atomic mass is 10.1. The van der Waals surface area contributed by atoms with Crippen LogP contribution in [-0.4, -0.2) is 39.7 Å². The molecule has 0 amide bonds. The highest BCUT2D eigenvalue weighted by Crippen LogP contribution is 2.29. The molecule has 4 rings (SSSR count). The highest BCUT2D eigenvalue weighted by atomic mass is 16.5. The van der Waals surface area contributed by atoms with Gasteiger partial charge in [0, 0.05) is 32.4 Å². The van der Waals surface area contributed by atoms with E-state index in [1.165, 1.54) is 5.56 Å². The first-order valence-corrected chi connectivity index (χ1v) is 9.74. The lowest BCUT2D eigenvalue weighted by Crippen LogP contribution is -2.10. The number of fused-ring (bicyclic) bond motifs is 1. The maximum absolute atomic E-state index is 5.63. The smallest absolute Gasteiger partial charge is 0.185 e. The first-order chi connectivity index (χ1) is 13.5. The summed E-state index contributed by atoms with van der Waals surface area (Å²) in [4.78, 5) is 4.75. The average Bonchev–Trinajstić information content (AvgIpc) is 3.39. The Morgan fingerprint density at radius 3 is 2.82 bits per heavy atom. The zero-order chi connectivity index (χ0) is 19.7. The van der Waals surface area contributed by atoms with Crippen molar-refractivity contribution in [2.75, 3.05) is 13.7 Å². The van der Waals surface area contributed by atoms with E-state index in [1.807, 2.05) is 29.8 Å². The van der Waals surface area contributed by atoms with E-state index in [2.05, 4.69) is 25.1 Å². The maximum atomic E-state index is 5.63. The molecule has 7 heteroatoms. The lowest BCUT2D eigenvalue weighted by molar-refractivity contribution is 0.117. The van der Waals surface area contributed by atoms with Crippen LogP contribution in [-0.2, 0) is 24.0 Å². The quantitative estimate of drug-likeness (QED) is 0.621. The highest BCUT2D eigenvalue weighted by molar-refractivity contribution is 5.55. The fourth-order valence-electron chi connectivity index (χ4n) is 3.35. The number of methoxy groups -OCH3 is 1. The SMILES string of the molecule is COC(C)Cc1nc(-c2cc(CC(C)C)on2)n(-c2ccc3c(c2)CCO3)n1. The summed E-state index contributed by atoms with van der Waals surface area (Å²) in [6, 6.07) is 8.06. The molecule has 0 radical (unpaired) electrons. The molecule has 0 saturated carbocycles. The van der Waals surface area contributed by atoms with Gasteiger partial charge in [0.15, 0.2) is 17.3 Å². The Kier molecular flexibility index (Phi) is 5.17. The summed E-state index contributed by atoms with van der Waals surface area (Å²) in [7, 11) is 1.69. The van der Waals surface area contributed by atoms with Gasteiger partial charge in [0.2, 0.25) is 0 Å². The van der Waals surface area contributed by atoms with Gasteiger partial charge in [0.05, 0.1) is 18.4 Å². The number of nitrogens with zero attached hydrogens (tertiary/aromatic N) is 4. The number of ether oxygens (including phenoxy) is 2. The molecular weight excluding hydrogens is 356 g/mol.